The SMILES string of the molecule is CCC(C)C(N)C(=O)NC(CO)C(=O)N1CCCC1C(=O)NC(CC(=O)O)C(=O)O. The molecule has 30 heavy (non-hydrogen) atoms. The highest BCUT2D eigenvalue weighted by Crippen LogP contribution is 2.19. The third-order valence-electron chi connectivity index (χ3n) is 5.19. The molecule has 0 bridgehead atoms. The van der Waals surface area contributed by atoms with Crippen LogP contribution in [0, 0.1) is 5.92 Å². The quantitative estimate of drug-likeness (QED) is 0.212. The Balaban J connectivity index is 2.86. The Morgan fingerprint density at radius 2 is 1.77 bits per heavy atom. The maximum atomic E-state index is 12.8. The van der Waals surface area contributed by atoms with Gasteiger partial charge in [0.25, 0.3) is 0 Å². The lowest BCUT2D eigenvalue weighted by molar-refractivity contribution is -0.148. The third kappa shape index (κ3) is 6.66. The van der Waals surface area contributed by atoms with Gasteiger partial charge in [0.1, 0.15) is 18.1 Å². The molecule has 0 aliphatic carbocycles. The fourth-order valence-electron chi connectivity index (χ4n) is 3.11. The number of rotatable bonds is 11. The van der Waals surface area contributed by atoms with E-state index in [1.165, 1.54) is 0 Å². The first kappa shape index (κ1) is 25.3. The predicted octanol–water partition coefficient (Wildman–Crippen LogP) is -2.13. The lowest BCUT2D eigenvalue weighted by atomic mass is 9.99. The summed E-state index contributed by atoms with van der Waals surface area (Å²) in [6.45, 7) is 3.09. The molecule has 1 fully saturated rings. The lowest BCUT2D eigenvalue weighted by Crippen LogP contribution is -2.58. The van der Waals surface area contributed by atoms with Gasteiger partial charge in [-0.2, -0.15) is 0 Å². The van der Waals surface area contributed by atoms with Gasteiger partial charge in [-0.3, -0.25) is 19.2 Å². The Hall–Kier alpha value is -2.73. The molecular weight excluding hydrogens is 400 g/mol. The number of nitrogens with one attached hydrogen (secondary N) is 2. The van der Waals surface area contributed by atoms with Gasteiger partial charge in [0.2, 0.25) is 17.7 Å². The molecule has 5 atom stereocenters. The van der Waals surface area contributed by atoms with Crippen molar-refractivity contribution in [1.82, 2.24) is 15.5 Å². The molecule has 12 heteroatoms. The molecule has 0 radical (unpaired) electrons. The maximum absolute atomic E-state index is 12.8. The van der Waals surface area contributed by atoms with Crippen LogP contribution >= 0.6 is 0 Å². The fraction of sp³-hybridized carbons (Fsp3) is 0.722. The van der Waals surface area contributed by atoms with E-state index in [2.05, 4.69) is 10.6 Å². The van der Waals surface area contributed by atoms with E-state index in [4.69, 9.17) is 15.9 Å². The van der Waals surface area contributed by atoms with Crippen LogP contribution in [0.25, 0.3) is 0 Å². The first-order valence-corrected chi connectivity index (χ1v) is 9.75. The summed E-state index contributed by atoms with van der Waals surface area (Å²) in [6, 6.07) is -4.87. The number of amides is 3. The Labute approximate surface area is 173 Å². The minimum atomic E-state index is -1.64. The van der Waals surface area contributed by atoms with E-state index < -0.39 is 66.9 Å². The number of hydrogen-bond acceptors (Lipinski definition) is 7. The van der Waals surface area contributed by atoms with Crippen LogP contribution in [0.1, 0.15) is 39.5 Å². The van der Waals surface area contributed by atoms with E-state index >= 15 is 0 Å². The smallest absolute Gasteiger partial charge is 0.326 e. The van der Waals surface area contributed by atoms with Crippen LogP contribution in [-0.2, 0) is 24.0 Å². The molecule has 170 valence electrons. The zero-order valence-electron chi connectivity index (χ0n) is 17.0. The molecule has 7 N–H and O–H groups in total. The molecule has 5 unspecified atom stereocenters. The van der Waals surface area contributed by atoms with Crippen molar-refractivity contribution in [2.75, 3.05) is 13.2 Å². The Kier molecular flexibility index (Phi) is 9.66. The van der Waals surface area contributed by atoms with Crippen LogP contribution in [0.4, 0.5) is 0 Å². The Bertz CT molecular complexity index is 671. The molecule has 12 nitrogen and oxygen atoms in total. The lowest BCUT2D eigenvalue weighted by Gasteiger charge is -2.29. The van der Waals surface area contributed by atoms with Gasteiger partial charge in [0.15, 0.2) is 0 Å². The van der Waals surface area contributed by atoms with E-state index in [0.717, 1.165) is 4.90 Å². The second-order valence-corrected chi connectivity index (χ2v) is 7.34. The summed E-state index contributed by atoms with van der Waals surface area (Å²) < 4.78 is 0. The summed E-state index contributed by atoms with van der Waals surface area (Å²) in [5.74, 6) is -5.18. The molecular formula is C18H30N4O8. The number of nitrogens with two attached hydrogens (primary N) is 1. The van der Waals surface area contributed by atoms with Crippen LogP contribution in [-0.4, -0.2) is 87.2 Å². The van der Waals surface area contributed by atoms with Gasteiger partial charge in [-0.25, -0.2) is 4.79 Å². The molecule has 0 saturated carbocycles. The van der Waals surface area contributed by atoms with Gasteiger partial charge in [0.05, 0.1) is 19.1 Å². The van der Waals surface area contributed by atoms with Crippen LogP contribution in [0.15, 0.2) is 0 Å². The zero-order chi connectivity index (χ0) is 23.0. The normalized spacial score (nSPS) is 20.0. The molecule has 1 heterocycles. The Morgan fingerprint density at radius 1 is 1.13 bits per heavy atom. The number of likely N-dealkylation sites (tertiary alicyclic amines) is 1. The van der Waals surface area contributed by atoms with Crippen LogP contribution in [0.3, 0.4) is 0 Å². The van der Waals surface area contributed by atoms with Gasteiger partial charge in [-0.15, -0.1) is 0 Å². The van der Waals surface area contributed by atoms with Crippen molar-refractivity contribution in [3.63, 3.8) is 0 Å². The van der Waals surface area contributed by atoms with Gasteiger partial charge >= 0.3 is 11.9 Å². The minimum absolute atomic E-state index is 0.146. The number of aliphatic hydroxyl groups excluding tert-OH is 1. The van der Waals surface area contributed by atoms with Crippen molar-refractivity contribution in [2.24, 2.45) is 11.7 Å². The molecule has 1 aliphatic heterocycles. The largest absolute Gasteiger partial charge is 0.481 e. The van der Waals surface area contributed by atoms with Gasteiger partial charge in [0, 0.05) is 6.54 Å². The average Bonchev–Trinajstić information content (AvgIpc) is 3.19. The van der Waals surface area contributed by atoms with E-state index in [1.807, 2.05) is 6.92 Å². The minimum Gasteiger partial charge on any atom is -0.481 e. The second-order valence-electron chi connectivity index (χ2n) is 7.34. The van der Waals surface area contributed by atoms with E-state index in [1.54, 1.807) is 6.92 Å². The van der Waals surface area contributed by atoms with E-state index in [9.17, 15) is 29.1 Å². The molecule has 0 aromatic carbocycles. The number of hydrogen-bond donors (Lipinski definition) is 6. The summed E-state index contributed by atoms with van der Waals surface area (Å²) in [7, 11) is 0. The monoisotopic (exact) mass is 430 g/mol. The summed E-state index contributed by atoms with van der Waals surface area (Å²) in [6.07, 6.45) is 0.501. The van der Waals surface area contributed by atoms with E-state index in [0.29, 0.717) is 12.8 Å². The molecule has 3 amide bonds. The summed E-state index contributed by atoms with van der Waals surface area (Å²) in [5.41, 5.74) is 5.84. The van der Waals surface area contributed by atoms with Gasteiger partial charge in [-0.05, 0) is 18.8 Å². The van der Waals surface area contributed by atoms with Crippen LogP contribution < -0.4 is 16.4 Å². The number of nitrogens with zero attached hydrogens (tertiary/aromatic N) is 1. The number of aliphatic hydroxyl groups is 1. The topological polar surface area (TPSA) is 199 Å². The molecule has 0 aromatic heterocycles. The fourth-order valence-corrected chi connectivity index (χ4v) is 3.11. The van der Waals surface area contributed by atoms with Crippen molar-refractivity contribution < 1.29 is 39.3 Å². The number of carbonyl (C=O) groups is 5. The number of aliphatic carboxylic acids is 2. The number of carbonyl (C=O) groups excluding carboxylic acids is 3. The molecule has 1 saturated heterocycles. The first-order chi connectivity index (χ1) is 14.0. The molecule has 1 aliphatic rings. The Morgan fingerprint density at radius 3 is 2.27 bits per heavy atom. The average molecular weight is 430 g/mol. The van der Waals surface area contributed by atoms with Crippen molar-refractivity contribution in [3.05, 3.63) is 0 Å². The van der Waals surface area contributed by atoms with Crippen molar-refractivity contribution in [3.8, 4) is 0 Å². The summed E-state index contributed by atoms with van der Waals surface area (Å²) >= 11 is 0. The van der Waals surface area contributed by atoms with Crippen molar-refractivity contribution in [1.29, 1.82) is 0 Å². The zero-order valence-corrected chi connectivity index (χ0v) is 17.0. The highest BCUT2D eigenvalue weighted by molar-refractivity contribution is 5.95. The predicted molar refractivity (Wildman–Crippen MR) is 103 cm³/mol. The number of carboxylic acids is 2. The maximum Gasteiger partial charge on any atom is 0.326 e. The van der Waals surface area contributed by atoms with Crippen molar-refractivity contribution >= 4 is 29.7 Å². The molecule has 1 rings (SSSR count). The van der Waals surface area contributed by atoms with E-state index in [-0.39, 0.29) is 18.9 Å². The first-order valence-electron chi connectivity index (χ1n) is 9.75. The van der Waals surface area contributed by atoms with Crippen LogP contribution in [0.5, 0.6) is 0 Å². The highest BCUT2D eigenvalue weighted by atomic mass is 16.4. The van der Waals surface area contributed by atoms with Crippen LogP contribution in [0.2, 0.25) is 0 Å². The summed E-state index contributed by atoms with van der Waals surface area (Å²) in [5, 5.41) is 32.0. The molecule has 0 aromatic rings. The van der Waals surface area contributed by atoms with Crippen molar-refractivity contribution in [2.45, 2.75) is 63.7 Å². The standard InChI is InChI=1S/C18H30N4O8/c1-3-9(2)14(19)16(27)21-11(8-23)17(28)22-6-4-5-12(22)15(26)20-10(18(29)30)7-13(24)25/h9-12,14,23H,3-8,19H2,1-2H3,(H,20,26)(H,21,27)(H,24,25)(H,29,30). The second kappa shape index (κ2) is 11.5. The third-order valence-corrected chi connectivity index (χ3v) is 5.19. The van der Waals surface area contributed by atoms with Gasteiger partial charge in [-0.1, -0.05) is 20.3 Å². The van der Waals surface area contributed by atoms with Gasteiger partial charge < -0.3 is 36.6 Å². The summed E-state index contributed by atoms with van der Waals surface area (Å²) in [4.78, 5) is 60.7. The molecule has 0 spiro atoms. The number of carboxylic acid groups (broad SMARTS) is 2. The highest BCUT2D eigenvalue weighted by Gasteiger charge is 2.39.